The number of nitrogens with zero attached hydrogens (tertiary/aromatic N) is 2. The Labute approximate surface area is 109 Å². The number of hydrogen-bond acceptors (Lipinski definition) is 5. The zero-order chi connectivity index (χ0) is 13.6. The van der Waals surface area contributed by atoms with Crippen LogP contribution >= 0.6 is 0 Å². The van der Waals surface area contributed by atoms with E-state index in [0.29, 0.717) is 31.5 Å². The molecule has 1 N–H and O–H groups in total. The molecule has 18 heavy (non-hydrogen) atoms. The van der Waals surface area contributed by atoms with E-state index in [-0.39, 0.29) is 5.60 Å². The lowest BCUT2D eigenvalue weighted by molar-refractivity contribution is 0.000631. The quantitative estimate of drug-likeness (QED) is 0.808. The van der Waals surface area contributed by atoms with E-state index in [1.807, 2.05) is 34.6 Å². The van der Waals surface area contributed by atoms with Gasteiger partial charge in [-0.05, 0) is 34.6 Å². The Bertz CT molecular complexity index is 380. The van der Waals surface area contributed by atoms with Crippen LogP contribution in [0.4, 0.5) is 5.82 Å². The second kappa shape index (κ2) is 6.54. The first-order chi connectivity index (χ1) is 8.46. The molecule has 0 aliphatic carbocycles. The van der Waals surface area contributed by atoms with Crippen LogP contribution in [0.15, 0.2) is 6.07 Å². The Balaban J connectivity index is 2.66. The van der Waals surface area contributed by atoms with Gasteiger partial charge in [0.25, 0.3) is 0 Å². The number of hydrogen-bond donors (Lipinski definition) is 1. The minimum Gasteiger partial charge on any atom is -0.478 e. The van der Waals surface area contributed by atoms with E-state index in [4.69, 9.17) is 9.47 Å². The van der Waals surface area contributed by atoms with E-state index in [9.17, 15) is 0 Å². The molecular weight excluding hydrogens is 230 g/mol. The molecule has 1 aromatic heterocycles. The predicted molar refractivity (Wildman–Crippen MR) is 72.1 cm³/mol. The summed E-state index contributed by atoms with van der Waals surface area (Å²) in [5, 5.41) is 3.25. The molecule has 0 unspecified atom stereocenters. The fourth-order valence-electron chi connectivity index (χ4n) is 1.60. The molecule has 0 saturated carbocycles. The average Bonchev–Trinajstić information content (AvgIpc) is 2.26. The molecule has 0 aromatic carbocycles. The van der Waals surface area contributed by atoms with Gasteiger partial charge in [0.1, 0.15) is 11.6 Å². The zero-order valence-corrected chi connectivity index (χ0v) is 11.9. The first-order valence-corrected chi connectivity index (χ1v) is 6.33. The highest BCUT2D eigenvalue weighted by Gasteiger charge is 2.17. The maximum Gasteiger partial charge on any atom is 0.218 e. The molecule has 0 bridgehead atoms. The minimum atomic E-state index is -0.223. The largest absolute Gasteiger partial charge is 0.478 e. The molecule has 0 spiro atoms. The number of ether oxygens (including phenoxy) is 2. The van der Waals surface area contributed by atoms with Crippen LogP contribution in [-0.2, 0) is 4.74 Å². The van der Waals surface area contributed by atoms with Crippen molar-refractivity contribution >= 4 is 5.82 Å². The van der Waals surface area contributed by atoms with Crippen LogP contribution in [0.25, 0.3) is 0 Å². The monoisotopic (exact) mass is 253 g/mol. The third-order valence-electron chi connectivity index (χ3n) is 2.34. The molecule has 5 heteroatoms. The molecule has 0 saturated heterocycles. The van der Waals surface area contributed by atoms with Crippen molar-refractivity contribution in [1.82, 2.24) is 9.97 Å². The van der Waals surface area contributed by atoms with E-state index >= 15 is 0 Å². The van der Waals surface area contributed by atoms with Crippen LogP contribution in [0.3, 0.4) is 0 Å². The molecule has 102 valence electrons. The molecule has 1 rings (SSSR count). The Hall–Kier alpha value is -1.36. The van der Waals surface area contributed by atoms with Gasteiger partial charge in [0, 0.05) is 19.2 Å². The first-order valence-electron chi connectivity index (χ1n) is 6.33. The SMILES string of the molecule is CCOc1cc(NCC(C)(C)OCC)nc(C)n1. The van der Waals surface area contributed by atoms with Crippen LogP contribution in [0, 0.1) is 6.92 Å². The second-order valence-electron chi connectivity index (χ2n) is 4.62. The smallest absolute Gasteiger partial charge is 0.218 e. The molecule has 0 amide bonds. The van der Waals surface area contributed by atoms with Crippen molar-refractivity contribution in [3.8, 4) is 5.88 Å². The summed E-state index contributed by atoms with van der Waals surface area (Å²) in [6.45, 7) is 11.8. The van der Waals surface area contributed by atoms with E-state index in [0.717, 1.165) is 5.82 Å². The van der Waals surface area contributed by atoms with Crippen LogP contribution < -0.4 is 10.1 Å². The van der Waals surface area contributed by atoms with E-state index in [1.54, 1.807) is 6.07 Å². The minimum absolute atomic E-state index is 0.223. The number of anilines is 1. The topological polar surface area (TPSA) is 56.3 Å². The van der Waals surface area contributed by atoms with Crippen LogP contribution in [0.1, 0.15) is 33.5 Å². The van der Waals surface area contributed by atoms with Gasteiger partial charge in [-0.3, -0.25) is 0 Å². The van der Waals surface area contributed by atoms with Gasteiger partial charge in [-0.15, -0.1) is 0 Å². The summed E-state index contributed by atoms with van der Waals surface area (Å²) < 4.78 is 11.0. The maximum atomic E-state index is 5.62. The highest BCUT2D eigenvalue weighted by atomic mass is 16.5. The lowest BCUT2D eigenvalue weighted by Crippen LogP contribution is -2.33. The Morgan fingerprint density at radius 2 is 1.94 bits per heavy atom. The summed E-state index contributed by atoms with van der Waals surface area (Å²) in [5.41, 5.74) is -0.223. The molecule has 5 nitrogen and oxygen atoms in total. The summed E-state index contributed by atoms with van der Waals surface area (Å²) in [7, 11) is 0. The van der Waals surface area contributed by atoms with Crippen molar-refractivity contribution in [1.29, 1.82) is 0 Å². The number of aryl methyl sites for hydroxylation is 1. The van der Waals surface area contributed by atoms with Crippen LogP contribution in [0.5, 0.6) is 5.88 Å². The van der Waals surface area contributed by atoms with Gasteiger partial charge in [-0.1, -0.05) is 0 Å². The fraction of sp³-hybridized carbons (Fsp3) is 0.692. The zero-order valence-electron chi connectivity index (χ0n) is 11.9. The molecule has 0 fully saturated rings. The highest BCUT2D eigenvalue weighted by Crippen LogP contribution is 2.15. The highest BCUT2D eigenvalue weighted by molar-refractivity contribution is 5.38. The van der Waals surface area contributed by atoms with Gasteiger partial charge in [-0.2, -0.15) is 4.98 Å². The van der Waals surface area contributed by atoms with Gasteiger partial charge in [0.15, 0.2) is 0 Å². The van der Waals surface area contributed by atoms with Crippen molar-refractivity contribution in [3.63, 3.8) is 0 Å². The molecule has 0 atom stereocenters. The summed E-state index contributed by atoms with van der Waals surface area (Å²) in [6.07, 6.45) is 0. The number of nitrogens with one attached hydrogen (secondary N) is 1. The van der Waals surface area contributed by atoms with Crippen molar-refractivity contribution in [2.24, 2.45) is 0 Å². The standard InChI is InChI=1S/C13H23N3O2/c1-6-17-12-8-11(15-10(3)16-12)14-9-13(4,5)18-7-2/h8H,6-7,9H2,1-5H3,(H,14,15,16). The van der Waals surface area contributed by atoms with Gasteiger partial charge in [0.05, 0.1) is 12.2 Å². The average molecular weight is 253 g/mol. The van der Waals surface area contributed by atoms with Crippen LogP contribution in [-0.4, -0.2) is 35.3 Å². The molecule has 1 heterocycles. The Morgan fingerprint density at radius 3 is 2.56 bits per heavy atom. The van der Waals surface area contributed by atoms with Crippen molar-refractivity contribution < 1.29 is 9.47 Å². The summed E-state index contributed by atoms with van der Waals surface area (Å²) in [6, 6.07) is 1.80. The summed E-state index contributed by atoms with van der Waals surface area (Å²) in [4.78, 5) is 8.52. The van der Waals surface area contributed by atoms with Gasteiger partial charge in [0.2, 0.25) is 5.88 Å². The van der Waals surface area contributed by atoms with E-state index < -0.39 is 0 Å². The van der Waals surface area contributed by atoms with Gasteiger partial charge >= 0.3 is 0 Å². The summed E-state index contributed by atoms with van der Waals surface area (Å²) >= 11 is 0. The number of rotatable bonds is 7. The van der Waals surface area contributed by atoms with E-state index in [2.05, 4.69) is 15.3 Å². The Morgan fingerprint density at radius 1 is 1.22 bits per heavy atom. The normalized spacial score (nSPS) is 11.4. The molecule has 0 aliphatic heterocycles. The first kappa shape index (κ1) is 14.7. The third kappa shape index (κ3) is 4.87. The van der Waals surface area contributed by atoms with Crippen molar-refractivity contribution in [3.05, 3.63) is 11.9 Å². The van der Waals surface area contributed by atoms with Gasteiger partial charge in [-0.25, -0.2) is 4.98 Å². The second-order valence-corrected chi connectivity index (χ2v) is 4.62. The van der Waals surface area contributed by atoms with Crippen LogP contribution in [0.2, 0.25) is 0 Å². The van der Waals surface area contributed by atoms with Crippen molar-refractivity contribution in [2.75, 3.05) is 25.1 Å². The maximum absolute atomic E-state index is 5.62. The third-order valence-corrected chi connectivity index (χ3v) is 2.34. The van der Waals surface area contributed by atoms with Gasteiger partial charge < -0.3 is 14.8 Å². The lowest BCUT2D eigenvalue weighted by atomic mass is 10.1. The molecule has 0 radical (unpaired) electrons. The predicted octanol–water partition coefficient (Wildman–Crippen LogP) is 2.41. The van der Waals surface area contributed by atoms with E-state index in [1.165, 1.54) is 0 Å². The Kier molecular flexibility index (Phi) is 5.34. The fourth-order valence-corrected chi connectivity index (χ4v) is 1.60. The molecule has 1 aromatic rings. The number of aromatic nitrogens is 2. The van der Waals surface area contributed by atoms with Crippen molar-refractivity contribution in [2.45, 2.75) is 40.2 Å². The molecular formula is C13H23N3O2. The lowest BCUT2D eigenvalue weighted by Gasteiger charge is -2.25. The summed E-state index contributed by atoms with van der Waals surface area (Å²) in [5.74, 6) is 2.05. The molecule has 0 aliphatic rings.